The quantitative estimate of drug-likeness (QED) is 0.862. The van der Waals surface area contributed by atoms with Crippen molar-refractivity contribution in [2.75, 3.05) is 6.54 Å². The van der Waals surface area contributed by atoms with Crippen molar-refractivity contribution in [2.45, 2.75) is 19.4 Å². The largest absolute Gasteiger partial charge is 0.338 e. The molecule has 16 heavy (non-hydrogen) atoms. The molecule has 0 fully saturated rings. The summed E-state index contributed by atoms with van der Waals surface area (Å²) in [6.07, 6.45) is 4.79. The van der Waals surface area contributed by atoms with Crippen molar-refractivity contribution in [3.05, 3.63) is 40.6 Å². The number of aryl methyl sites for hydroxylation is 1. The first-order valence-electron chi connectivity index (χ1n) is 5.54. The van der Waals surface area contributed by atoms with Crippen molar-refractivity contribution in [1.29, 1.82) is 0 Å². The molecule has 0 amide bonds. The fourth-order valence-corrected chi connectivity index (χ4v) is 2.59. The van der Waals surface area contributed by atoms with E-state index in [2.05, 4.69) is 39.3 Å². The number of nitrogens with one attached hydrogen (secondary N) is 1. The molecule has 0 aliphatic rings. The smallest absolute Gasteiger partial charge is 0.110 e. The SMILES string of the molecule is CCNC(Cc1nccn1C)c1cccs1. The average molecular weight is 235 g/mol. The molecule has 3 nitrogen and oxygen atoms in total. The fraction of sp³-hybridized carbons (Fsp3) is 0.417. The highest BCUT2D eigenvalue weighted by molar-refractivity contribution is 7.10. The van der Waals surface area contributed by atoms with E-state index in [4.69, 9.17) is 0 Å². The third kappa shape index (κ3) is 2.51. The van der Waals surface area contributed by atoms with E-state index in [1.54, 1.807) is 11.3 Å². The van der Waals surface area contributed by atoms with Gasteiger partial charge < -0.3 is 9.88 Å². The van der Waals surface area contributed by atoms with Crippen LogP contribution in [0.4, 0.5) is 0 Å². The van der Waals surface area contributed by atoms with Crippen LogP contribution in [0, 0.1) is 0 Å². The second-order valence-electron chi connectivity index (χ2n) is 3.78. The molecule has 0 saturated carbocycles. The molecule has 0 aliphatic carbocycles. The number of rotatable bonds is 5. The van der Waals surface area contributed by atoms with E-state index in [1.165, 1.54) is 4.88 Å². The molecule has 1 unspecified atom stereocenters. The van der Waals surface area contributed by atoms with Gasteiger partial charge in [-0.25, -0.2) is 4.98 Å². The molecule has 0 radical (unpaired) electrons. The summed E-state index contributed by atoms with van der Waals surface area (Å²) < 4.78 is 2.08. The number of hydrogen-bond donors (Lipinski definition) is 1. The predicted octanol–water partition coefficient (Wildman–Crippen LogP) is 2.37. The number of aromatic nitrogens is 2. The molecule has 2 aromatic rings. The second kappa shape index (κ2) is 5.27. The zero-order chi connectivity index (χ0) is 11.4. The molecule has 0 aliphatic heterocycles. The van der Waals surface area contributed by atoms with E-state index < -0.39 is 0 Å². The highest BCUT2D eigenvalue weighted by Gasteiger charge is 2.14. The summed E-state index contributed by atoms with van der Waals surface area (Å²) in [5.74, 6) is 1.12. The molecule has 1 N–H and O–H groups in total. The lowest BCUT2D eigenvalue weighted by Gasteiger charge is -2.16. The molecule has 4 heteroatoms. The Balaban J connectivity index is 2.12. The second-order valence-corrected chi connectivity index (χ2v) is 4.76. The number of likely N-dealkylation sites (N-methyl/N-ethyl adjacent to an activating group) is 1. The van der Waals surface area contributed by atoms with Gasteiger partial charge in [0.15, 0.2) is 0 Å². The van der Waals surface area contributed by atoms with Crippen LogP contribution in [-0.4, -0.2) is 16.1 Å². The van der Waals surface area contributed by atoms with Crippen LogP contribution in [0.5, 0.6) is 0 Å². The molecule has 2 rings (SSSR count). The minimum atomic E-state index is 0.381. The average Bonchev–Trinajstić information content (AvgIpc) is 2.90. The summed E-state index contributed by atoms with van der Waals surface area (Å²) in [5, 5.41) is 5.63. The van der Waals surface area contributed by atoms with Gasteiger partial charge in [0.1, 0.15) is 5.82 Å². The lowest BCUT2D eigenvalue weighted by atomic mass is 10.1. The van der Waals surface area contributed by atoms with Gasteiger partial charge in [0.2, 0.25) is 0 Å². The van der Waals surface area contributed by atoms with Gasteiger partial charge in [-0.2, -0.15) is 0 Å². The van der Waals surface area contributed by atoms with Crippen LogP contribution in [0.15, 0.2) is 29.9 Å². The molecular weight excluding hydrogens is 218 g/mol. The minimum Gasteiger partial charge on any atom is -0.338 e. The van der Waals surface area contributed by atoms with E-state index in [-0.39, 0.29) is 0 Å². The van der Waals surface area contributed by atoms with Crippen molar-refractivity contribution in [2.24, 2.45) is 7.05 Å². The van der Waals surface area contributed by atoms with E-state index in [0.29, 0.717) is 6.04 Å². The minimum absolute atomic E-state index is 0.381. The van der Waals surface area contributed by atoms with Crippen molar-refractivity contribution >= 4 is 11.3 Å². The predicted molar refractivity (Wildman–Crippen MR) is 67.6 cm³/mol. The molecule has 86 valence electrons. The Labute approximate surface area is 100 Å². The fourth-order valence-electron chi connectivity index (χ4n) is 1.79. The maximum Gasteiger partial charge on any atom is 0.110 e. The van der Waals surface area contributed by atoms with E-state index in [0.717, 1.165) is 18.8 Å². The first-order chi connectivity index (χ1) is 7.81. The van der Waals surface area contributed by atoms with Gasteiger partial charge in [0, 0.05) is 36.8 Å². The zero-order valence-electron chi connectivity index (χ0n) is 9.68. The Morgan fingerprint density at radius 2 is 2.44 bits per heavy atom. The summed E-state index contributed by atoms with van der Waals surface area (Å²) in [6, 6.07) is 4.66. The van der Waals surface area contributed by atoms with Crippen LogP contribution >= 0.6 is 11.3 Å². The molecule has 0 bridgehead atoms. The van der Waals surface area contributed by atoms with E-state index in [9.17, 15) is 0 Å². The van der Waals surface area contributed by atoms with Gasteiger partial charge in [-0.05, 0) is 18.0 Å². The monoisotopic (exact) mass is 235 g/mol. The zero-order valence-corrected chi connectivity index (χ0v) is 10.5. The van der Waals surface area contributed by atoms with Crippen molar-refractivity contribution < 1.29 is 0 Å². The summed E-state index contributed by atoms with van der Waals surface area (Å²) in [5.41, 5.74) is 0. The molecular formula is C12H17N3S. The van der Waals surface area contributed by atoms with Crippen LogP contribution in [-0.2, 0) is 13.5 Å². The Kier molecular flexibility index (Phi) is 3.74. The number of nitrogens with zero attached hydrogens (tertiary/aromatic N) is 2. The third-order valence-electron chi connectivity index (χ3n) is 2.64. The summed E-state index contributed by atoms with van der Waals surface area (Å²) in [7, 11) is 2.04. The molecule has 2 aromatic heterocycles. The standard InChI is InChI=1S/C12H17N3S/c1-3-13-10(11-5-4-8-16-11)9-12-14-6-7-15(12)2/h4-8,10,13H,3,9H2,1-2H3. The maximum atomic E-state index is 4.38. The van der Waals surface area contributed by atoms with Crippen LogP contribution in [0.3, 0.4) is 0 Å². The van der Waals surface area contributed by atoms with Gasteiger partial charge >= 0.3 is 0 Å². The topological polar surface area (TPSA) is 29.9 Å². The van der Waals surface area contributed by atoms with Crippen LogP contribution < -0.4 is 5.32 Å². The molecule has 0 aromatic carbocycles. The highest BCUT2D eigenvalue weighted by atomic mass is 32.1. The Hall–Kier alpha value is -1.13. The van der Waals surface area contributed by atoms with Crippen molar-refractivity contribution in [1.82, 2.24) is 14.9 Å². The van der Waals surface area contributed by atoms with E-state index >= 15 is 0 Å². The number of hydrogen-bond acceptors (Lipinski definition) is 3. The van der Waals surface area contributed by atoms with Gasteiger partial charge in [0.05, 0.1) is 0 Å². The maximum absolute atomic E-state index is 4.38. The summed E-state index contributed by atoms with van der Waals surface area (Å²) in [4.78, 5) is 5.75. The summed E-state index contributed by atoms with van der Waals surface area (Å²) >= 11 is 1.80. The molecule has 1 atom stereocenters. The molecule has 2 heterocycles. The Morgan fingerprint density at radius 3 is 3.00 bits per heavy atom. The first kappa shape index (κ1) is 11.4. The van der Waals surface area contributed by atoms with Gasteiger partial charge in [-0.15, -0.1) is 11.3 Å². The van der Waals surface area contributed by atoms with Crippen LogP contribution in [0.2, 0.25) is 0 Å². The Morgan fingerprint density at radius 1 is 1.56 bits per heavy atom. The van der Waals surface area contributed by atoms with Crippen molar-refractivity contribution in [3.8, 4) is 0 Å². The highest BCUT2D eigenvalue weighted by Crippen LogP contribution is 2.22. The van der Waals surface area contributed by atoms with Crippen LogP contribution in [0.1, 0.15) is 23.7 Å². The number of thiophene rings is 1. The summed E-state index contributed by atoms with van der Waals surface area (Å²) in [6.45, 7) is 3.12. The lowest BCUT2D eigenvalue weighted by Crippen LogP contribution is -2.23. The Bertz CT molecular complexity index is 419. The molecule has 0 saturated heterocycles. The van der Waals surface area contributed by atoms with Gasteiger partial charge in [-0.1, -0.05) is 13.0 Å². The third-order valence-corrected chi connectivity index (χ3v) is 3.63. The van der Waals surface area contributed by atoms with E-state index in [1.807, 2.05) is 19.4 Å². The van der Waals surface area contributed by atoms with Crippen LogP contribution in [0.25, 0.3) is 0 Å². The molecule has 0 spiro atoms. The van der Waals surface area contributed by atoms with Gasteiger partial charge in [-0.3, -0.25) is 0 Å². The lowest BCUT2D eigenvalue weighted by molar-refractivity contribution is 0.536. The van der Waals surface area contributed by atoms with Gasteiger partial charge in [0.25, 0.3) is 0 Å². The first-order valence-corrected chi connectivity index (χ1v) is 6.42. The van der Waals surface area contributed by atoms with Crippen molar-refractivity contribution in [3.63, 3.8) is 0 Å². The normalized spacial score (nSPS) is 12.9. The number of imidazole rings is 1.